The van der Waals surface area contributed by atoms with Crippen molar-refractivity contribution in [1.29, 1.82) is 0 Å². The van der Waals surface area contributed by atoms with Gasteiger partial charge in [-0.25, -0.2) is 4.68 Å². The number of carbonyl (C=O) groups is 1. The maximum absolute atomic E-state index is 11.5. The highest BCUT2D eigenvalue weighted by atomic mass is 32.1. The van der Waals surface area contributed by atoms with Crippen LogP contribution in [0.2, 0.25) is 0 Å². The number of nitrogens with one attached hydrogen (secondary N) is 1. The minimum Gasteiger partial charge on any atom is -0.356 e. The quantitative estimate of drug-likeness (QED) is 0.563. The van der Waals surface area contributed by atoms with Crippen LogP contribution < -0.4 is 5.32 Å². The van der Waals surface area contributed by atoms with Crippen molar-refractivity contribution >= 4 is 18.5 Å². The SMILES string of the molecule is CCCCNC(=O)CC(S)c1nnnn1C. The van der Waals surface area contributed by atoms with Crippen LogP contribution in [0.5, 0.6) is 0 Å². The van der Waals surface area contributed by atoms with Crippen molar-refractivity contribution in [3.05, 3.63) is 5.82 Å². The van der Waals surface area contributed by atoms with Crippen LogP contribution in [-0.2, 0) is 11.8 Å². The molecule has 90 valence electrons. The number of hydrogen-bond acceptors (Lipinski definition) is 5. The molecule has 7 heteroatoms. The van der Waals surface area contributed by atoms with E-state index in [0.717, 1.165) is 12.8 Å². The number of aromatic nitrogens is 4. The minimum atomic E-state index is -0.262. The van der Waals surface area contributed by atoms with Crippen LogP contribution >= 0.6 is 12.6 Å². The average molecular weight is 243 g/mol. The van der Waals surface area contributed by atoms with Gasteiger partial charge >= 0.3 is 0 Å². The Labute approximate surface area is 100 Å². The van der Waals surface area contributed by atoms with Crippen LogP contribution in [0.4, 0.5) is 0 Å². The van der Waals surface area contributed by atoms with E-state index in [1.165, 1.54) is 4.68 Å². The first-order chi connectivity index (χ1) is 7.65. The monoisotopic (exact) mass is 243 g/mol. The van der Waals surface area contributed by atoms with E-state index < -0.39 is 0 Å². The van der Waals surface area contributed by atoms with E-state index >= 15 is 0 Å². The molecule has 0 spiro atoms. The van der Waals surface area contributed by atoms with Gasteiger partial charge in [0.1, 0.15) is 0 Å². The standard InChI is InChI=1S/C9H17N5OS/c1-3-4-5-10-8(15)6-7(16)9-11-12-13-14(9)2/h7,16H,3-6H2,1-2H3,(H,10,15). The van der Waals surface area contributed by atoms with Crippen LogP contribution in [-0.4, -0.2) is 32.7 Å². The zero-order valence-electron chi connectivity index (χ0n) is 9.55. The number of rotatable bonds is 6. The normalized spacial score (nSPS) is 12.4. The second kappa shape index (κ2) is 6.47. The summed E-state index contributed by atoms with van der Waals surface area (Å²) < 4.78 is 1.52. The van der Waals surface area contributed by atoms with Gasteiger partial charge in [0.2, 0.25) is 5.91 Å². The highest BCUT2D eigenvalue weighted by Gasteiger charge is 2.16. The molecule has 1 rings (SSSR count). The topological polar surface area (TPSA) is 72.7 Å². The van der Waals surface area contributed by atoms with Crippen molar-refractivity contribution in [2.75, 3.05) is 6.54 Å². The van der Waals surface area contributed by atoms with Crippen molar-refractivity contribution < 1.29 is 4.79 Å². The lowest BCUT2D eigenvalue weighted by Gasteiger charge is -2.09. The molecule has 1 aromatic heterocycles. The van der Waals surface area contributed by atoms with Gasteiger partial charge in [0.15, 0.2) is 5.82 Å². The number of thiol groups is 1. The first-order valence-electron chi connectivity index (χ1n) is 5.32. The van der Waals surface area contributed by atoms with Crippen molar-refractivity contribution in [2.24, 2.45) is 7.05 Å². The van der Waals surface area contributed by atoms with E-state index in [1.807, 2.05) is 0 Å². The molecule has 1 N–H and O–H groups in total. The third kappa shape index (κ3) is 3.80. The number of hydrogen-bond donors (Lipinski definition) is 2. The van der Waals surface area contributed by atoms with Crippen LogP contribution in [0.15, 0.2) is 0 Å². The maximum atomic E-state index is 11.5. The molecule has 6 nitrogen and oxygen atoms in total. The Hall–Kier alpha value is -1.11. The predicted octanol–water partition coefficient (Wildman–Crippen LogP) is 0.487. The van der Waals surface area contributed by atoms with Gasteiger partial charge in [-0.15, -0.1) is 5.10 Å². The lowest BCUT2D eigenvalue weighted by atomic mass is 10.2. The van der Waals surface area contributed by atoms with Crippen LogP contribution in [0.25, 0.3) is 0 Å². The molecule has 0 radical (unpaired) electrons. The molecule has 0 aromatic carbocycles. The van der Waals surface area contributed by atoms with Crippen molar-refractivity contribution in [2.45, 2.75) is 31.4 Å². The van der Waals surface area contributed by atoms with E-state index in [0.29, 0.717) is 18.8 Å². The van der Waals surface area contributed by atoms with Crippen molar-refractivity contribution in [1.82, 2.24) is 25.5 Å². The molecule has 1 atom stereocenters. The molecule has 0 saturated heterocycles. The van der Waals surface area contributed by atoms with Crippen LogP contribution in [0.1, 0.15) is 37.3 Å². The Bertz CT molecular complexity index is 340. The van der Waals surface area contributed by atoms with Gasteiger partial charge in [0, 0.05) is 20.0 Å². The summed E-state index contributed by atoms with van der Waals surface area (Å²) in [7, 11) is 1.73. The summed E-state index contributed by atoms with van der Waals surface area (Å²) in [4.78, 5) is 11.5. The minimum absolute atomic E-state index is 0.0172. The highest BCUT2D eigenvalue weighted by Crippen LogP contribution is 2.19. The fraction of sp³-hybridized carbons (Fsp3) is 0.778. The number of nitrogens with zero attached hydrogens (tertiary/aromatic N) is 4. The molecule has 0 fully saturated rings. The molecular weight excluding hydrogens is 226 g/mol. The summed E-state index contributed by atoms with van der Waals surface area (Å²) in [5.74, 6) is 0.588. The Kier molecular flexibility index (Phi) is 5.24. The fourth-order valence-corrected chi connectivity index (χ4v) is 1.65. The zero-order valence-corrected chi connectivity index (χ0v) is 10.4. The summed E-state index contributed by atoms with van der Waals surface area (Å²) >= 11 is 4.32. The Morgan fingerprint density at radius 2 is 2.38 bits per heavy atom. The Balaban J connectivity index is 2.37. The van der Waals surface area contributed by atoms with Gasteiger partial charge < -0.3 is 5.32 Å². The van der Waals surface area contributed by atoms with Crippen LogP contribution in [0.3, 0.4) is 0 Å². The summed E-state index contributed by atoms with van der Waals surface area (Å²) in [6.07, 6.45) is 2.35. The second-order valence-electron chi connectivity index (χ2n) is 3.58. The van der Waals surface area contributed by atoms with Gasteiger partial charge in [-0.2, -0.15) is 12.6 Å². The Morgan fingerprint density at radius 3 is 2.94 bits per heavy atom. The van der Waals surface area contributed by atoms with Gasteiger partial charge in [-0.3, -0.25) is 4.79 Å². The largest absolute Gasteiger partial charge is 0.356 e. The first kappa shape index (κ1) is 13.0. The second-order valence-corrected chi connectivity index (χ2v) is 4.21. The molecule has 0 saturated carbocycles. The highest BCUT2D eigenvalue weighted by molar-refractivity contribution is 7.80. The molecular formula is C9H17N5OS. The van der Waals surface area contributed by atoms with E-state index in [4.69, 9.17) is 0 Å². The van der Waals surface area contributed by atoms with E-state index in [2.05, 4.69) is 40.4 Å². The molecule has 16 heavy (non-hydrogen) atoms. The first-order valence-corrected chi connectivity index (χ1v) is 5.83. The molecule has 1 amide bonds. The average Bonchev–Trinajstić information content (AvgIpc) is 2.65. The summed E-state index contributed by atoms with van der Waals surface area (Å²) in [6.45, 7) is 2.80. The number of unbranched alkanes of at least 4 members (excludes halogenated alkanes) is 1. The third-order valence-corrected chi connectivity index (χ3v) is 2.60. The maximum Gasteiger partial charge on any atom is 0.221 e. The molecule has 1 heterocycles. The van der Waals surface area contributed by atoms with E-state index in [9.17, 15) is 4.79 Å². The number of carbonyl (C=O) groups excluding carboxylic acids is 1. The van der Waals surface area contributed by atoms with E-state index in [1.54, 1.807) is 7.05 Å². The number of aryl methyl sites for hydroxylation is 1. The molecule has 1 aromatic rings. The number of amides is 1. The number of tetrazole rings is 1. The Morgan fingerprint density at radius 1 is 1.62 bits per heavy atom. The van der Waals surface area contributed by atoms with Gasteiger partial charge in [0.05, 0.1) is 5.25 Å². The van der Waals surface area contributed by atoms with Crippen LogP contribution in [0, 0.1) is 0 Å². The predicted molar refractivity (Wildman–Crippen MR) is 63.1 cm³/mol. The van der Waals surface area contributed by atoms with Crippen molar-refractivity contribution in [3.63, 3.8) is 0 Å². The van der Waals surface area contributed by atoms with E-state index in [-0.39, 0.29) is 11.2 Å². The molecule has 0 bridgehead atoms. The van der Waals surface area contributed by atoms with Gasteiger partial charge in [-0.05, 0) is 16.8 Å². The zero-order chi connectivity index (χ0) is 12.0. The molecule has 0 aliphatic rings. The molecule has 1 unspecified atom stereocenters. The summed E-state index contributed by atoms with van der Waals surface area (Å²) in [5, 5.41) is 13.6. The molecule has 0 aliphatic carbocycles. The van der Waals surface area contributed by atoms with Crippen molar-refractivity contribution in [3.8, 4) is 0 Å². The molecule has 0 aliphatic heterocycles. The smallest absolute Gasteiger partial charge is 0.221 e. The summed E-state index contributed by atoms with van der Waals surface area (Å²) in [5.41, 5.74) is 0. The summed E-state index contributed by atoms with van der Waals surface area (Å²) in [6, 6.07) is 0. The van der Waals surface area contributed by atoms with Gasteiger partial charge in [-0.1, -0.05) is 13.3 Å². The lowest BCUT2D eigenvalue weighted by Crippen LogP contribution is -2.25. The fourth-order valence-electron chi connectivity index (χ4n) is 1.26. The lowest BCUT2D eigenvalue weighted by molar-refractivity contribution is -0.121. The van der Waals surface area contributed by atoms with Gasteiger partial charge in [0.25, 0.3) is 0 Å². The third-order valence-electron chi connectivity index (χ3n) is 2.18.